The van der Waals surface area contributed by atoms with Crippen LogP contribution in [0, 0.1) is 0 Å². The van der Waals surface area contributed by atoms with Crippen molar-refractivity contribution in [3.8, 4) is 22.6 Å². The van der Waals surface area contributed by atoms with E-state index >= 15 is 0 Å². The van der Waals surface area contributed by atoms with E-state index in [9.17, 15) is 0 Å². The molecule has 8 nitrogen and oxygen atoms in total. The first-order valence-electron chi connectivity index (χ1n) is 7.29. The number of pyridine rings is 2. The van der Waals surface area contributed by atoms with Crippen molar-refractivity contribution in [1.82, 2.24) is 40.1 Å². The monoisotopic (exact) mass is 314 g/mol. The maximum atomic E-state index is 4.55. The van der Waals surface area contributed by atoms with Gasteiger partial charge in [0.1, 0.15) is 17.5 Å². The van der Waals surface area contributed by atoms with E-state index in [1.165, 1.54) is 6.33 Å². The molecular formula is C16H10N8. The first-order valence-corrected chi connectivity index (χ1v) is 7.29. The Morgan fingerprint density at radius 3 is 2.71 bits per heavy atom. The number of fused-ring (bicyclic) bond motifs is 2. The van der Waals surface area contributed by atoms with Gasteiger partial charge in [0.05, 0.1) is 5.39 Å². The molecule has 0 spiro atoms. The largest absolute Gasteiger partial charge is 0.321 e. The topological polar surface area (TPSA) is 109 Å². The van der Waals surface area contributed by atoms with Gasteiger partial charge in [0.15, 0.2) is 17.1 Å². The van der Waals surface area contributed by atoms with Crippen LogP contribution in [0.1, 0.15) is 0 Å². The molecule has 0 unspecified atom stereocenters. The summed E-state index contributed by atoms with van der Waals surface area (Å²) in [5, 5.41) is 8.16. The second kappa shape index (κ2) is 4.92. The third-order valence-corrected chi connectivity index (χ3v) is 3.79. The minimum absolute atomic E-state index is 0.651. The Morgan fingerprint density at radius 1 is 0.917 bits per heavy atom. The molecule has 114 valence electrons. The Morgan fingerprint density at radius 2 is 1.83 bits per heavy atom. The molecule has 0 aliphatic carbocycles. The number of hydrogen-bond acceptors (Lipinski definition) is 6. The van der Waals surface area contributed by atoms with Gasteiger partial charge in [0.2, 0.25) is 0 Å². The molecule has 0 fully saturated rings. The molecule has 5 rings (SSSR count). The predicted octanol–water partition coefficient (Wildman–Crippen LogP) is 2.35. The molecule has 0 aliphatic heterocycles. The fourth-order valence-corrected chi connectivity index (χ4v) is 2.65. The van der Waals surface area contributed by atoms with Gasteiger partial charge in [-0.3, -0.25) is 5.10 Å². The minimum atomic E-state index is 0.651. The first-order chi connectivity index (χ1) is 11.9. The molecule has 0 saturated carbocycles. The zero-order valence-electron chi connectivity index (χ0n) is 12.3. The van der Waals surface area contributed by atoms with Crippen LogP contribution in [0.4, 0.5) is 0 Å². The Labute approximate surface area is 135 Å². The maximum absolute atomic E-state index is 4.55. The summed E-state index contributed by atoms with van der Waals surface area (Å²) >= 11 is 0. The average Bonchev–Trinajstić information content (AvgIpc) is 3.25. The van der Waals surface area contributed by atoms with E-state index in [0.717, 1.165) is 27.7 Å². The predicted molar refractivity (Wildman–Crippen MR) is 87.8 cm³/mol. The van der Waals surface area contributed by atoms with Gasteiger partial charge in [0, 0.05) is 35.9 Å². The number of rotatable bonds is 2. The second-order valence-corrected chi connectivity index (χ2v) is 5.28. The van der Waals surface area contributed by atoms with Gasteiger partial charge in [-0.25, -0.2) is 24.9 Å². The van der Waals surface area contributed by atoms with Crippen LogP contribution in [0.2, 0.25) is 0 Å². The third-order valence-electron chi connectivity index (χ3n) is 3.79. The maximum Gasteiger partial charge on any atom is 0.161 e. The Bertz CT molecular complexity index is 1130. The highest BCUT2D eigenvalue weighted by Crippen LogP contribution is 2.28. The molecule has 0 radical (unpaired) electrons. The molecule has 0 aliphatic rings. The van der Waals surface area contributed by atoms with Crippen LogP contribution >= 0.6 is 0 Å². The second-order valence-electron chi connectivity index (χ2n) is 5.28. The molecule has 0 aromatic carbocycles. The zero-order valence-corrected chi connectivity index (χ0v) is 12.3. The first kappa shape index (κ1) is 12.8. The Balaban J connectivity index is 1.71. The lowest BCUT2D eigenvalue weighted by Gasteiger charge is -2.00. The molecule has 0 saturated heterocycles. The van der Waals surface area contributed by atoms with Gasteiger partial charge < -0.3 is 4.98 Å². The van der Waals surface area contributed by atoms with Crippen LogP contribution in [-0.4, -0.2) is 40.1 Å². The van der Waals surface area contributed by atoms with E-state index in [1.807, 2.05) is 18.2 Å². The standard InChI is InChI=1S/C16H10N8/c1-2-12-15(19-3-1)22-16(21-12)13-11-4-9(7-20-14(11)24-23-13)10-5-17-8-18-6-10/h1-8H,(H,19,21,22)(H,20,23,24). The fraction of sp³-hybridized carbons (Fsp3) is 0. The fourth-order valence-electron chi connectivity index (χ4n) is 2.65. The number of aromatic nitrogens is 8. The number of H-pyrrole nitrogens is 2. The quantitative estimate of drug-likeness (QED) is 0.517. The number of hydrogen-bond donors (Lipinski definition) is 2. The molecule has 5 aromatic heterocycles. The van der Waals surface area contributed by atoms with Crippen LogP contribution in [0.3, 0.4) is 0 Å². The minimum Gasteiger partial charge on any atom is -0.321 e. The van der Waals surface area contributed by atoms with Crippen molar-refractivity contribution in [1.29, 1.82) is 0 Å². The summed E-state index contributed by atoms with van der Waals surface area (Å²) in [5.41, 5.74) is 4.73. The van der Waals surface area contributed by atoms with Gasteiger partial charge in [-0.1, -0.05) is 0 Å². The van der Waals surface area contributed by atoms with Crippen LogP contribution in [0.15, 0.2) is 49.3 Å². The average molecular weight is 314 g/mol. The van der Waals surface area contributed by atoms with E-state index in [1.54, 1.807) is 24.8 Å². The molecule has 24 heavy (non-hydrogen) atoms. The van der Waals surface area contributed by atoms with Crippen LogP contribution in [-0.2, 0) is 0 Å². The molecule has 0 bridgehead atoms. The summed E-state index contributed by atoms with van der Waals surface area (Å²) in [6.07, 6.45) is 8.49. The lowest BCUT2D eigenvalue weighted by atomic mass is 10.1. The smallest absolute Gasteiger partial charge is 0.161 e. The van der Waals surface area contributed by atoms with E-state index in [-0.39, 0.29) is 0 Å². The van der Waals surface area contributed by atoms with Crippen molar-refractivity contribution in [2.45, 2.75) is 0 Å². The Kier molecular flexibility index (Phi) is 2.63. The number of nitrogens with one attached hydrogen (secondary N) is 2. The third kappa shape index (κ3) is 1.93. The van der Waals surface area contributed by atoms with Gasteiger partial charge in [-0.05, 0) is 18.2 Å². The van der Waals surface area contributed by atoms with Crippen molar-refractivity contribution < 1.29 is 0 Å². The lowest BCUT2D eigenvalue weighted by molar-refractivity contribution is 1.09. The van der Waals surface area contributed by atoms with Crippen molar-refractivity contribution in [2.75, 3.05) is 0 Å². The summed E-state index contributed by atoms with van der Waals surface area (Å²) in [6.45, 7) is 0. The van der Waals surface area contributed by atoms with E-state index in [2.05, 4.69) is 40.1 Å². The molecule has 5 aromatic rings. The number of aromatic amines is 2. The van der Waals surface area contributed by atoms with Crippen LogP contribution in [0.5, 0.6) is 0 Å². The molecule has 8 heteroatoms. The van der Waals surface area contributed by atoms with Crippen LogP contribution in [0.25, 0.3) is 44.8 Å². The highest BCUT2D eigenvalue weighted by atomic mass is 15.2. The van der Waals surface area contributed by atoms with Crippen molar-refractivity contribution in [2.24, 2.45) is 0 Å². The highest BCUT2D eigenvalue weighted by molar-refractivity contribution is 5.93. The van der Waals surface area contributed by atoms with Crippen molar-refractivity contribution in [3.05, 3.63) is 49.3 Å². The van der Waals surface area contributed by atoms with Gasteiger partial charge in [0.25, 0.3) is 0 Å². The zero-order chi connectivity index (χ0) is 15.9. The van der Waals surface area contributed by atoms with Gasteiger partial charge in [-0.2, -0.15) is 5.10 Å². The SMILES string of the molecule is c1cnc2[nH]c(-c3n[nH]c4ncc(-c5cncnc5)cc34)nc2c1. The van der Waals surface area contributed by atoms with Crippen LogP contribution < -0.4 is 0 Å². The molecular weight excluding hydrogens is 304 g/mol. The highest BCUT2D eigenvalue weighted by Gasteiger charge is 2.14. The van der Waals surface area contributed by atoms with E-state index in [4.69, 9.17) is 0 Å². The summed E-state index contributed by atoms with van der Waals surface area (Å²) in [5.74, 6) is 0.651. The summed E-state index contributed by atoms with van der Waals surface area (Å²) in [7, 11) is 0. The number of imidazole rings is 1. The van der Waals surface area contributed by atoms with Crippen molar-refractivity contribution in [3.63, 3.8) is 0 Å². The normalized spacial score (nSPS) is 11.3. The van der Waals surface area contributed by atoms with Gasteiger partial charge >= 0.3 is 0 Å². The summed E-state index contributed by atoms with van der Waals surface area (Å²) in [6, 6.07) is 5.76. The Hall–Kier alpha value is -3.68. The molecule has 0 amide bonds. The summed E-state index contributed by atoms with van der Waals surface area (Å²) < 4.78 is 0. The molecule has 0 atom stereocenters. The van der Waals surface area contributed by atoms with E-state index in [0.29, 0.717) is 17.2 Å². The molecule has 5 heterocycles. The summed E-state index contributed by atoms with van der Waals surface area (Å²) in [4.78, 5) is 24.5. The lowest BCUT2D eigenvalue weighted by Crippen LogP contribution is -1.85. The number of nitrogens with zero attached hydrogens (tertiary/aromatic N) is 6. The molecule has 2 N–H and O–H groups in total. The van der Waals surface area contributed by atoms with E-state index < -0.39 is 0 Å². The van der Waals surface area contributed by atoms with Crippen molar-refractivity contribution >= 4 is 22.2 Å². The van der Waals surface area contributed by atoms with Gasteiger partial charge in [-0.15, -0.1) is 0 Å².